The van der Waals surface area contributed by atoms with Crippen LogP contribution in [0.3, 0.4) is 0 Å². The van der Waals surface area contributed by atoms with Gasteiger partial charge in [0.05, 0.1) is 13.2 Å². The summed E-state index contributed by atoms with van der Waals surface area (Å²) in [6.07, 6.45) is 4.45. The molecule has 0 aromatic heterocycles. The van der Waals surface area contributed by atoms with Crippen LogP contribution in [0, 0.1) is 0 Å². The molecule has 1 fully saturated rings. The normalized spacial score (nSPS) is 17.8. The van der Waals surface area contributed by atoms with E-state index in [1.807, 2.05) is 30.3 Å². The van der Waals surface area contributed by atoms with Gasteiger partial charge in [-0.1, -0.05) is 36.4 Å². The third kappa shape index (κ3) is 4.23. The average molecular weight is 443 g/mol. The lowest BCUT2D eigenvalue weighted by atomic mass is 9.94. The van der Waals surface area contributed by atoms with Crippen molar-refractivity contribution in [3.05, 3.63) is 89.0 Å². The number of hydrogen-bond acceptors (Lipinski definition) is 5. The van der Waals surface area contributed by atoms with E-state index in [0.29, 0.717) is 40.5 Å². The smallest absolute Gasteiger partial charge is 0.178 e. The van der Waals surface area contributed by atoms with E-state index in [9.17, 15) is 9.59 Å². The van der Waals surface area contributed by atoms with Gasteiger partial charge in [0, 0.05) is 11.1 Å². The molecule has 3 aromatic rings. The minimum atomic E-state index is -0.874. The highest BCUT2D eigenvalue weighted by molar-refractivity contribution is 6.29. The van der Waals surface area contributed by atoms with Crippen molar-refractivity contribution in [3.63, 3.8) is 0 Å². The summed E-state index contributed by atoms with van der Waals surface area (Å²) in [6.45, 7) is 0.394. The second-order valence-electron chi connectivity index (χ2n) is 8.58. The lowest BCUT2D eigenvalue weighted by molar-refractivity contribution is 0.0890. The summed E-state index contributed by atoms with van der Waals surface area (Å²) < 4.78 is 17.5. The maximum atomic E-state index is 13.3. The van der Waals surface area contributed by atoms with Crippen LogP contribution >= 0.6 is 0 Å². The largest absolute Gasteiger partial charge is 0.493 e. The fourth-order valence-corrected chi connectivity index (χ4v) is 4.66. The number of carbonyl (C=O) groups is 2. The van der Waals surface area contributed by atoms with Gasteiger partial charge in [-0.05, 0) is 67.1 Å². The summed E-state index contributed by atoms with van der Waals surface area (Å²) in [5, 5.41) is 0. The van der Waals surface area contributed by atoms with Crippen LogP contribution in [0.2, 0.25) is 0 Å². The quantitative estimate of drug-likeness (QED) is 0.436. The van der Waals surface area contributed by atoms with Crippen molar-refractivity contribution in [2.24, 2.45) is 0 Å². The second-order valence-corrected chi connectivity index (χ2v) is 8.58. The topological polar surface area (TPSA) is 61.8 Å². The number of Topliss-reactive ketones (excluding diaryl/α,β-unsaturated/α-hetero) is 2. The van der Waals surface area contributed by atoms with Crippen molar-refractivity contribution in [2.75, 3.05) is 7.11 Å². The molecule has 1 atom stereocenters. The molecule has 5 nitrogen and oxygen atoms in total. The van der Waals surface area contributed by atoms with Gasteiger partial charge in [0.25, 0.3) is 0 Å². The van der Waals surface area contributed by atoms with Gasteiger partial charge in [-0.3, -0.25) is 9.59 Å². The Kier molecular flexibility index (Phi) is 5.86. The number of hydrogen-bond donors (Lipinski definition) is 0. The summed E-state index contributed by atoms with van der Waals surface area (Å²) >= 11 is 0. The average Bonchev–Trinajstić information content (AvgIpc) is 3.44. The zero-order valence-corrected chi connectivity index (χ0v) is 18.6. The first-order valence-corrected chi connectivity index (χ1v) is 11.4. The number of carbonyl (C=O) groups excluding carboxylic acids is 2. The first-order chi connectivity index (χ1) is 16.1. The van der Waals surface area contributed by atoms with Crippen LogP contribution < -0.4 is 14.2 Å². The molecule has 0 radical (unpaired) electrons. The molecule has 5 heteroatoms. The second kappa shape index (κ2) is 9.10. The van der Waals surface area contributed by atoms with E-state index in [1.54, 1.807) is 43.5 Å². The molecule has 0 bridgehead atoms. The van der Waals surface area contributed by atoms with Crippen molar-refractivity contribution in [1.29, 1.82) is 0 Å². The van der Waals surface area contributed by atoms with E-state index in [2.05, 4.69) is 0 Å². The summed E-state index contributed by atoms with van der Waals surface area (Å²) in [6, 6.07) is 20.3. The van der Waals surface area contributed by atoms with Gasteiger partial charge in [-0.25, -0.2) is 0 Å². The maximum Gasteiger partial charge on any atom is 0.178 e. The van der Waals surface area contributed by atoms with E-state index in [1.165, 1.54) is 0 Å². The molecule has 0 aliphatic heterocycles. The van der Waals surface area contributed by atoms with Crippen LogP contribution in [0.25, 0.3) is 0 Å². The van der Waals surface area contributed by atoms with Gasteiger partial charge < -0.3 is 14.2 Å². The van der Waals surface area contributed by atoms with Crippen molar-refractivity contribution in [3.8, 4) is 17.2 Å². The Morgan fingerprint density at radius 1 is 0.818 bits per heavy atom. The van der Waals surface area contributed by atoms with E-state index >= 15 is 0 Å². The van der Waals surface area contributed by atoms with E-state index in [0.717, 1.165) is 31.2 Å². The molecule has 0 amide bonds. The molecule has 2 aliphatic rings. The molecule has 1 saturated carbocycles. The highest BCUT2D eigenvalue weighted by Gasteiger charge is 2.40. The van der Waals surface area contributed by atoms with Crippen molar-refractivity contribution >= 4 is 11.6 Å². The molecule has 3 aromatic carbocycles. The highest BCUT2D eigenvalue weighted by Crippen LogP contribution is 2.40. The maximum absolute atomic E-state index is 13.3. The van der Waals surface area contributed by atoms with E-state index in [-0.39, 0.29) is 17.7 Å². The molecule has 33 heavy (non-hydrogen) atoms. The fraction of sp³-hybridized carbons (Fsp3) is 0.286. The van der Waals surface area contributed by atoms with Crippen LogP contribution in [0.1, 0.15) is 63.4 Å². The van der Waals surface area contributed by atoms with Crippen LogP contribution in [-0.2, 0) is 6.61 Å². The molecule has 0 saturated heterocycles. The van der Waals surface area contributed by atoms with Gasteiger partial charge in [0.2, 0.25) is 0 Å². The predicted octanol–water partition coefficient (Wildman–Crippen LogP) is 5.76. The van der Waals surface area contributed by atoms with Crippen molar-refractivity contribution in [2.45, 2.75) is 44.3 Å². The third-order valence-electron chi connectivity index (χ3n) is 6.41. The van der Waals surface area contributed by atoms with Gasteiger partial charge in [0.15, 0.2) is 23.1 Å². The van der Waals surface area contributed by atoms with E-state index in [4.69, 9.17) is 14.2 Å². The van der Waals surface area contributed by atoms with Crippen molar-refractivity contribution in [1.82, 2.24) is 0 Å². The molecular formula is C28H26O5. The van der Waals surface area contributed by atoms with Crippen LogP contribution in [0.4, 0.5) is 0 Å². The molecule has 168 valence electrons. The zero-order valence-electron chi connectivity index (χ0n) is 18.6. The van der Waals surface area contributed by atoms with Gasteiger partial charge in [-0.15, -0.1) is 0 Å². The van der Waals surface area contributed by atoms with Crippen molar-refractivity contribution < 1.29 is 23.8 Å². The standard InChI is InChI=1S/C28H26O5/c1-31-24-14-11-19(15-25(24)33-20-9-5-6-10-20)26-27(29)22-13-12-21(16-23(22)28(26)30)32-17-18-7-3-2-4-8-18/h2-4,7-8,11-16,20,26H,5-6,9-10,17H2,1H3. The Bertz CT molecular complexity index is 1180. The van der Waals surface area contributed by atoms with Gasteiger partial charge in [-0.2, -0.15) is 0 Å². The number of ketones is 2. The Morgan fingerprint density at radius 3 is 2.33 bits per heavy atom. The summed E-state index contributed by atoms with van der Waals surface area (Å²) in [5.74, 6) is 0.488. The number of rotatable bonds is 7. The zero-order chi connectivity index (χ0) is 22.8. The summed E-state index contributed by atoms with van der Waals surface area (Å²) in [4.78, 5) is 26.5. The molecule has 5 rings (SSSR count). The highest BCUT2D eigenvalue weighted by atomic mass is 16.5. The first kappa shape index (κ1) is 21.3. The summed E-state index contributed by atoms with van der Waals surface area (Å²) in [7, 11) is 1.59. The fourth-order valence-electron chi connectivity index (χ4n) is 4.66. The molecule has 0 N–H and O–H groups in total. The van der Waals surface area contributed by atoms with E-state index < -0.39 is 5.92 Å². The van der Waals surface area contributed by atoms with Crippen LogP contribution in [-0.4, -0.2) is 24.8 Å². The number of benzene rings is 3. The Hall–Kier alpha value is -3.60. The first-order valence-electron chi connectivity index (χ1n) is 11.4. The molecule has 0 spiro atoms. The SMILES string of the molecule is COc1ccc(C2C(=O)c3ccc(OCc4ccccc4)cc3C2=O)cc1OC1CCCC1. The number of ether oxygens (including phenoxy) is 3. The molecule has 0 heterocycles. The molecular weight excluding hydrogens is 416 g/mol. The Labute approximate surface area is 193 Å². The van der Waals surface area contributed by atoms with Gasteiger partial charge >= 0.3 is 0 Å². The molecule has 2 aliphatic carbocycles. The molecule has 1 unspecified atom stereocenters. The lowest BCUT2D eigenvalue weighted by Gasteiger charge is -2.18. The van der Waals surface area contributed by atoms with Gasteiger partial charge in [0.1, 0.15) is 18.3 Å². The minimum absolute atomic E-state index is 0.144. The number of methoxy groups -OCH3 is 1. The minimum Gasteiger partial charge on any atom is -0.493 e. The Morgan fingerprint density at radius 2 is 1.58 bits per heavy atom. The monoisotopic (exact) mass is 442 g/mol. The number of fused-ring (bicyclic) bond motifs is 1. The summed E-state index contributed by atoms with van der Waals surface area (Å²) in [5.41, 5.74) is 2.50. The van der Waals surface area contributed by atoms with Crippen LogP contribution in [0.15, 0.2) is 66.7 Å². The van der Waals surface area contributed by atoms with Crippen LogP contribution in [0.5, 0.6) is 17.2 Å². The Balaban J connectivity index is 1.38. The lowest BCUT2D eigenvalue weighted by Crippen LogP contribution is -2.15. The predicted molar refractivity (Wildman–Crippen MR) is 124 cm³/mol. The third-order valence-corrected chi connectivity index (χ3v) is 6.41.